The van der Waals surface area contributed by atoms with E-state index in [2.05, 4.69) is 20.6 Å². The summed E-state index contributed by atoms with van der Waals surface area (Å²) in [5, 5.41) is 15.2. The van der Waals surface area contributed by atoms with Gasteiger partial charge in [-0.1, -0.05) is 30.3 Å². The number of alkyl halides is 3. The van der Waals surface area contributed by atoms with E-state index in [1.807, 2.05) is 30.3 Å². The van der Waals surface area contributed by atoms with Crippen molar-refractivity contribution in [1.29, 1.82) is 0 Å². The Morgan fingerprint density at radius 2 is 1.63 bits per heavy atom. The normalized spacial score (nSPS) is 15.6. The first-order valence-corrected chi connectivity index (χ1v) is 15.5. The van der Waals surface area contributed by atoms with Crippen LogP contribution >= 0.6 is 0 Å². The lowest BCUT2D eigenvalue weighted by atomic mass is 10.1. The Bertz CT molecular complexity index is 1500. The van der Waals surface area contributed by atoms with Crippen LogP contribution in [-0.2, 0) is 24.4 Å². The molecule has 4 N–H and O–H groups in total. The van der Waals surface area contributed by atoms with E-state index in [1.165, 1.54) is 15.9 Å². The number of rotatable bonds is 10. The van der Waals surface area contributed by atoms with Gasteiger partial charge in [-0.15, -0.1) is 0 Å². The first kappa shape index (κ1) is 36.0. The molecule has 1 saturated carbocycles. The Labute approximate surface area is 261 Å². The van der Waals surface area contributed by atoms with Gasteiger partial charge in [0.15, 0.2) is 5.82 Å². The Kier molecular flexibility index (Phi) is 12.2. The van der Waals surface area contributed by atoms with Crippen LogP contribution in [0.15, 0.2) is 36.4 Å². The molecular formula is C27H33F3N6O9S. The van der Waals surface area contributed by atoms with Crippen LogP contribution in [0.4, 0.5) is 23.8 Å². The molecule has 19 heteroatoms. The van der Waals surface area contributed by atoms with Crippen molar-refractivity contribution >= 4 is 39.8 Å². The predicted molar refractivity (Wildman–Crippen MR) is 155 cm³/mol. The average molecular weight is 675 g/mol. The van der Waals surface area contributed by atoms with Gasteiger partial charge in [0.05, 0.1) is 6.61 Å². The Morgan fingerprint density at radius 3 is 2.15 bits per heavy atom. The number of hydrogen-bond acceptors (Lipinski definition) is 10. The fourth-order valence-electron chi connectivity index (χ4n) is 4.09. The molecule has 1 atom stereocenters. The van der Waals surface area contributed by atoms with E-state index in [4.69, 9.17) is 17.7 Å². The van der Waals surface area contributed by atoms with Crippen LogP contribution in [0.1, 0.15) is 43.1 Å². The number of aromatic nitrogens is 2. The van der Waals surface area contributed by atoms with Crippen LogP contribution in [0.5, 0.6) is 0 Å². The molecule has 4 rings (SSSR count). The molecule has 3 amide bonds. The number of carbonyl (C=O) groups excluding carboxylic acids is 3. The summed E-state index contributed by atoms with van der Waals surface area (Å²) >= 11 is 0. The molecule has 1 saturated heterocycles. The number of halogens is 3. The van der Waals surface area contributed by atoms with E-state index in [9.17, 15) is 37.5 Å². The lowest BCUT2D eigenvalue weighted by Gasteiger charge is -2.35. The highest BCUT2D eigenvalue weighted by Gasteiger charge is 2.44. The van der Waals surface area contributed by atoms with Crippen molar-refractivity contribution in [1.82, 2.24) is 25.1 Å². The molecule has 1 unspecified atom stereocenters. The average Bonchev–Trinajstić information content (AvgIpc) is 3.82. The summed E-state index contributed by atoms with van der Waals surface area (Å²) in [5.41, 5.74) is -4.73. The van der Waals surface area contributed by atoms with E-state index >= 15 is 0 Å². The van der Waals surface area contributed by atoms with Gasteiger partial charge in [0.1, 0.15) is 17.6 Å². The highest BCUT2D eigenvalue weighted by Crippen LogP contribution is 2.26. The third kappa shape index (κ3) is 10.8. The van der Waals surface area contributed by atoms with Crippen molar-refractivity contribution in [2.75, 3.05) is 38.1 Å². The summed E-state index contributed by atoms with van der Waals surface area (Å²) < 4.78 is 62.6. The molecule has 1 aromatic carbocycles. The number of anilines is 1. The Morgan fingerprint density at radius 1 is 1.04 bits per heavy atom. The van der Waals surface area contributed by atoms with Crippen LogP contribution in [-0.4, -0.2) is 112 Å². The van der Waals surface area contributed by atoms with Gasteiger partial charge in [-0.05, 0) is 26.2 Å². The standard InChI is InChI=1S/C26H32N6O6.CHF3O3S/c1-2-38-26(37)32-14-12-31(13-15-32)25(36)19(10-11-22(33)34)29-24(35)20-16-21(27-18-8-9-18)30-23(28-20)17-6-4-3-5-7-17;2-1(3,4)8(5,6)7/h3-7,16,18-19H,2,8-15H2,1H3,(H,29,35)(H,33,34)(H,27,28,30);(H,5,6,7). The third-order valence-corrected chi connectivity index (χ3v) is 7.17. The fourth-order valence-corrected chi connectivity index (χ4v) is 4.09. The molecular weight excluding hydrogens is 641 g/mol. The molecule has 2 aromatic rings. The maximum Gasteiger partial charge on any atom is 0.522 e. The zero-order valence-electron chi connectivity index (χ0n) is 24.6. The van der Waals surface area contributed by atoms with Gasteiger partial charge in [-0.25, -0.2) is 14.8 Å². The molecule has 252 valence electrons. The number of amides is 3. The zero-order valence-corrected chi connectivity index (χ0v) is 25.4. The van der Waals surface area contributed by atoms with Crippen molar-refractivity contribution in [3.05, 3.63) is 42.1 Å². The molecule has 0 bridgehead atoms. The molecule has 15 nitrogen and oxygen atoms in total. The van der Waals surface area contributed by atoms with E-state index in [0.29, 0.717) is 17.7 Å². The minimum atomic E-state index is -5.84. The Hall–Kier alpha value is -4.52. The molecule has 1 aliphatic carbocycles. The van der Waals surface area contributed by atoms with Gasteiger partial charge in [0, 0.05) is 50.3 Å². The van der Waals surface area contributed by atoms with E-state index in [0.717, 1.165) is 18.4 Å². The predicted octanol–water partition coefficient (Wildman–Crippen LogP) is 2.38. The van der Waals surface area contributed by atoms with Crippen LogP contribution in [0.2, 0.25) is 0 Å². The molecule has 2 heterocycles. The Balaban J connectivity index is 0.000000637. The van der Waals surface area contributed by atoms with Crippen molar-refractivity contribution in [2.45, 2.75) is 50.2 Å². The molecule has 2 fully saturated rings. The maximum atomic E-state index is 13.3. The molecule has 0 radical (unpaired) electrons. The van der Waals surface area contributed by atoms with Crippen LogP contribution in [0.3, 0.4) is 0 Å². The second kappa shape index (κ2) is 15.7. The topological polar surface area (TPSA) is 208 Å². The fraction of sp³-hybridized carbons (Fsp3) is 0.481. The van der Waals surface area contributed by atoms with Crippen molar-refractivity contribution < 1.29 is 55.2 Å². The van der Waals surface area contributed by atoms with Crippen LogP contribution in [0, 0.1) is 0 Å². The van der Waals surface area contributed by atoms with Crippen molar-refractivity contribution in [3.8, 4) is 11.4 Å². The summed E-state index contributed by atoms with van der Waals surface area (Å²) in [7, 11) is -5.84. The smallest absolute Gasteiger partial charge is 0.481 e. The number of carboxylic acids is 1. The molecule has 1 aromatic heterocycles. The quantitative estimate of drug-likeness (QED) is 0.212. The highest BCUT2D eigenvalue weighted by atomic mass is 32.2. The number of carboxylic acid groups (broad SMARTS) is 1. The molecule has 0 spiro atoms. The van der Waals surface area contributed by atoms with E-state index in [-0.39, 0.29) is 51.3 Å². The van der Waals surface area contributed by atoms with Crippen molar-refractivity contribution in [2.24, 2.45) is 0 Å². The van der Waals surface area contributed by atoms with Gasteiger partial charge in [0.25, 0.3) is 5.91 Å². The molecule has 2 aliphatic rings. The number of aliphatic carboxylic acids is 1. The second-order valence-electron chi connectivity index (χ2n) is 10.1. The summed E-state index contributed by atoms with van der Waals surface area (Å²) in [4.78, 5) is 61.9. The van der Waals surface area contributed by atoms with Gasteiger partial charge in [-0.3, -0.25) is 18.9 Å². The summed E-state index contributed by atoms with van der Waals surface area (Å²) in [6.45, 7) is 3.04. The third-order valence-electron chi connectivity index (χ3n) is 6.58. The minimum Gasteiger partial charge on any atom is -0.481 e. The van der Waals surface area contributed by atoms with Gasteiger partial charge >= 0.3 is 27.7 Å². The van der Waals surface area contributed by atoms with E-state index in [1.54, 1.807) is 6.92 Å². The number of nitrogens with zero attached hydrogens (tertiary/aromatic N) is 4. The van der Waals surface area contributed by atoms with Crippen LogP contribution in [0.25, 0.3) is 11.4 Å². The number of hydrogen-bond donors (Lipinski definition) is 4. The zero-order chi connectivity index (χ0) is 34.1. The summed E-state index contributed by atoms with van der Waals surface area (Å²) in [6, 6.07) is 10.0. The number of ether oxygens (including phenoxy) is 1. The maximum absolute atomic E-state index is 13.3. The highest BCUT2D eigenvalue weighted by molar-refractivity contribution is 7.86. The van der Waals surface area contributed by atoms with Crippen molar-refractivity contribution in [3.63, 3.8) is 0 Å². The minimum absolute atomic E-state index is 0.0715. The number of benzene rings is 1. The number of piperazine rings is 1. The SMILES string of the molecule is CCOC(=O)N1CCN(C(=O)C(CCC(=O)O)NC(=O)c2cc(NC3CC3)nc(-c3ccccc3)n2)CC1.O=S(=O)(O)C(F)(F)F. The second-order valence-corrected chi connectivity index (χ2v) is 11.6. The summed E-state index contributed by atoms with van der Waals surface area (Å²) in [5.74, 6) is -1.21. The lowest BCUT2D eigenvalue weighted by molar-refractivity contribution is -0.138. The summed E-state index contributed by atoms with van der Waals surface area (Å²) in [6.07, 6.45) is 1.21. The number of nitrogens with one attached hydrogen (secondary N) is 2. The lowest BCUT2D eigenvalue weighted by Crippen LogP contribution is -2.56. The first-order valence-electron chi connectivity index (χ1n) is 14.1. The molecule has 1 aliphatic heterocycles. The van der Waals surface area contributed by atoms with Gasteiger partial charge in [0.2, 0.25) is 5.91 Å². The van der Waals surface area contributed by atoms with E-state index < -0.39 is 45.5 Å². The van der Waals surface area contributed by atoms with Crippen LogP contribution < -0.4 is 10.6 Å². The van der Waals surface area contributed by atoms with Gasteiger partial charge < -0.3 is 30.3 Å². The largest absolute Gasteiger partial charge is 0.522 e. The monoisotopic (exact) mass is 674 g/mol. The molecule has 46 heavy (non-hydrogen) atoms. The number of carbonyl (C=O) groups is 4. The van der Waals surface area contributed by atoms with Gasteiger partial charge in [-0.2, -0.15) is 21.6 Å². The first-order chi connectivity index (χ1) is 21.6.